The van der Waals surface area contributed by atoms with Crippen LogP contribution >= 0.6 is 0 Å². The summed E-state index contributed by atoms with van der Waals surface area (Å²) in [5.41, 5.74) is 2.25. The summed E-state index contributed by atoms with van der Waals surface area (Å²) in [7, 11) is 0. The van der Waals surface area contributed by atoms with E-state index in [2.05, 4.69) is 37.5 Å². The van der Waals surface area contributed by atoms with Gasteiger partial charge in [0.05, 0.1) is 0 Å². The molecule has 2 nitrogen and oxygen atoms in total. The van der Waals surface area contributed by atoms with E-state index >= 15 is 0 Å². The van der Waals surface area contributed by atoms with Gasteiger partial charge in [0.1, 0.15) is 0 Å². The Labute approximate surface area is 97.6 Å². The van der Waals surface area contributed by atoms with Crippen molar-refractivity contribution in [2.45, 2.75) is 20.3 Å². The fourth-order valence-corrected chi connectivity index (χ4v) is 1.69. The number of ketones is 1. The van der Waals surface area contributed by atoms with E-state index in [9.17, 15) is 4.79 Å². The second-order valence-electron chi connectivity index (χ2n) is 3.69. The zero-order valence-electron chi connectivity index (χ0n) is 10.1. The number of anilines is 1. The summed E-state index contributed by atoms with van der Waals surface area (Å²) >= 11 is 0. The van der Waals surface area contributed by atoms with Gasteiger partial charge in [0, 0.05) is 25.2 Å². The van der Waals surface area contributed by atoms with Crippen molar-refractivity contribution in [1.29, 1.82) is 0 Å². The molecule has 0 saturated carbocycles. The Hall–Kier alpha value is -1.57. The Bertz CT molecular complexity index is 350. The van der Waals surface area contributed by atoms with Gasteiger partial charge < -0.3 is 4.90 Å². The van der Waals surface area contributed by atoms with Gasteiger partial charge in [0.25, 0.3) is 0 Å². The number of hydrogen-bond acceptors (Lipinski definition) is 2. The summed E-state index contributed by atoms with van der Waals surface area (Å²) < 4.78 is 0. The Morgan fingerprint density at radius 2 is 1.81 bits per heavy atom. The van der Waals surface area contributed by atoms with E-state index in [1.807, 2.05) is 12.1 Å². The lowest BCUT2D eigenvalue weighted by atomic mass is 10.1. The van der Waals surface area contributed by atoms with Crippen molar-refractivity contribution in [3.63, 3.8) is 0 Å². The predicted molar refractivity (Wildman–Crippen MR) is 68.9 cm³/mol. The molecule has 0 bridgehead atoms. The molecular weight excluding hydrogens is 198 g/mol. The van der Waals surface area contributed by atoms with Gasteiger partial charge in [-0.25, -0.2) is 0 Å². The largest absolute Gasteiger partial charge is 0.372 e. The number of hydrogen-bond donors (Lipinski definition) is 0. The molecule has 0 N–H and O–H groups in total. The Morgan fingerprint density at radius 1 is 1.25 bits per heavy atom. The molecule has 16 heavy (non-hydrogen) atoms. The molecule has 1 aromatic rings. The molecule has 0 saturated heterocycles. The van der Waals surface area contributed by atoms with E-state index in [1.165, 1.54) is 11.8 Å². The molecule has 0 aliphatic carbocycles. The van der Waals surface area contributed by atoms with E-state index < -0.39 is 0 Å². The summed E-state index contributed by atoms with van der Waals surface area (Å²) in [4.78, 5) is 13.5. The zero-order valence-corrected chi connectivity index (χ0v) is 10.1. The van der Waals surface area contributed by atoms with Gasteiger partial charge in [-0.1, -0.05) is 18.7 Å². The van der Waals surface area contributed by atoms with Gasteiger partial charge in [0.15, 0.2) is 5.78 Å². The number of allylic oxidation sites excluding steroid dienone is 1. The van der Waals surface area contributed by atoms with Crippen molar-refractivity contribution >= 4 is 11.5 Å². The molecule has 0 aliphatic rings. The first-order valence-corrected chi connectivity index (χ1v) is 5.70. The second kappa shape index (κ2) is 6.11. The Kier molecular flexibility index (Phi) is 4.77. The van der Waals surface area contributed by atoms with E-state index in [4.69, 9.17) is 0 Å². The van der Waals surface area contributed by atoms with Gasteiger partial charge >= 0.3 is 0 Å². The highest BCUT2D eigenvalue weighted by molar-refractivity contribution is 5.90. The number of carbonyl (C=O) groups excluding carboxylic acids is 1. The van der Waals surface area contributed by atoms with Crippen LogP contribution in [0.25, 0.3) is 0 Å². The maximum absolute atomic E-state index is 11.2. The van der Waals surface area contributed by atoms with Crippen molar-refractivity contribution in [3.05, 3.63) is 42.5 Å². The number of rotatable bonds is 6. The molecule has 0 atom stereocenters. The van der Waals surface area contributed by atoms with Crippen LogP contribution in [0.15, 0.2) is 36.9 Å². The van der Waals surface area contributed by atoms with Crippen molar-refractivity contribution < 1.29 is 4.79 Å². The molecule has 2 heteroatoms. The maximum Gasteiger partial charge on any atom is 0.159 e. The number of carbonyl (C=O) groups is 1. The lowest BCUT2D eigenvalue weighted by Crippen LogP contribution is -2.21. The fraction of sp³-hybridized carbons (Fsp3) is 0.357. The van der Waals surface area contributed by atoms with Gasteiger partial charge in [-0.05, 0) is 37.6 Å². The lowest BCUT2D eigenvalue weighted by Gasteiger charge is -2.21. The van der Waals surface area contributed by atoms with Crippen LogP contribution in [-0.2, 0) is 11.2 Å². The Morgan fingerprint density at radius 3 is 2.25 bits per heavy atom. The molecule has 0 radical (unpaired) electrons. The average Bonchev–Trinajstić information content (AvgIpc) is 2.32. The highest BCUT2D eigenvalue weighted by Gasteiger charge is 2.02. The third-order valence-electron chi connectivity index (χ3n) is 2.67. The molecule has 0 spiro atoms. The van der Waals surface area contributed by atoms with Crippen LogP contribution in [-0.4, -0.2) is 18.9 Å². The number of nitrogens with zero attached hydrogens (tertiary/aromatic N) is 1. The normalized spacial score (nSPS) is 9.88. The van der Waals surface area contributed by atoms with Crippen molar-refractivity contribution in [2.24, 2.45) is 0 Å². The van der Waals surface area contributed by atoms with Crippen LogP contribution in [0, 0.1) is 0 Å². The topological polar surface area (TPSA) is 20.3 Å². The van der Waals surface area contributed by atoms with E-state index in [-0.39, 0.29) is 5.78 Å². The first-order valence-electron chi connectivity index (χ1n) is 5.70. The zero-order chi connectivity index (χ0) is 12.0. The minimum Gasteiger partial charge on any atom is -0.372 e. The van der Waals surface area contributed by atoms with Crippen molar-refractivity contribution in [3.8, 4) is 0 Å². The van der Waals surface area contributed by atoms with Gasteiger partial charge in [-0.3, -0.25) is 4.79 Å². The fourth-order valence-electron chi connectivity index (χ4n) is 1.69. The standard InChI is InChI=1S/C14H19NO/c1-4-14(16)11-12-7-9-13(10-8-12)15(5-2)6-3/h4,7-10H,1,5-6,11H2,2-3H3. The predicted octanol–water partition coefficient (Wildman–Crippen LogP) is 2.83. The van der Waals surface area contributed by atoms with Crippen LogP contribution < -0.4 is 4.90 Å². The lowest BCUT2D eigenvalue weighted by molar-refractivity contribution is -0.114. The summed E-state index contributed by atoms with van der Waals surface area (Å²) in [5.74, 6) is 0.0654. The smallest absolute Gasteiger partial charge is 0.159 e. The number of benzene rings is 1. The summed E-state index contributed by atoms with van der Waals surface area (Å²) in [6, 6.07) is 8.15. The quantitative estimate of drug-likeness (QED) is 0.683. The van der Waals surface area contributed by atoms with E-state index in [0.29, 0.717) is 6.42 Å². The molecular formula is C14H19NO. The summed E-state index contributed by atoms with van der Waals surface area (Å²) in [6.07, 6.45) is 1.82. The highest BCUT2D eigenvalue weighted by Crippen LogP contribution is 2.15. The third kappa shape index (κ3) is 3.23. The Balaban J connectivity index is 2.74. The molecule has 0 fully saturated rings. The minimum absolute atomic E-state index is 0.0654. The van der Waals surface area contributed by atoms with Crippen molar-refractivity contribution in [1.82, 2.24) is 0 Å². The average molecular weight is 217 g/mol. The van der Waals surface area contributed by atoms with Crippen LogP contribution in [0.1, 0.15) is 19.4 Å². The molecule has 0 amide bonds. The summed E-state index contributed by atoms with van der Waals surface area (Å²) in [6.45, 7) is 9.75. The first-order chi connectivity index (χ1) is 7.71. The third-order valence-corrected chi connectivity index (χ3v) is 2.67. The maximum atomic E-state index is 11.2. The molecule has 0 unspecified atom stereocenters. The van der Waals surface area contributed by atoms with Gasteiger partial charge in [-0.2, -0.15) is 0 Å². The highest BCUT2D eigenvalue weighted by atomic mass is 16.1. The second-order valence-corrected chi connectivity index (χ2v) is 3.69. The SMILES string of the molecule is C=CC(=O)Cc1ccc(N(CC)CC)cc1. The van der Waals surface area contributed by atoms with E-state index in [0.717, 1.165) is 18.7 Å². The first kappa shape index (κ1) is 12.5. The summed E-state index contributed by atoms with van der Waals surface area (Å²) in [5, 5.41) is 0. The monoisotopic (exact) mass is 217 g/mol. The van der Waals surface area contributed by atoms with Crippen LogP contribution in [0.2, 0.25) is 0 Å². The van der Waals surface area contributed by atoms with E-state index in [1.54, 1.807) is 0 Å². The minimum atomic E-state index is 0.0654. The molecule has 0 aromatic heterocycles. The van der Waals surface area contributed by atoms with Crippen molar-refractivity contribution in [2.75, 3.05) is 18.0 Å². The van der Waals surface area contributed by atoms with Crippen LogP contribution in [0.3, 0.4) is 0 Å². The van der Waals surface area contributed by atoms with Crippen LogP contribution in [0.4, 0.5) is 5.69 Å². The molecule has 86 valence electrons. The molecule has 1 rings (SSSR count). The molecule has 0 heterocycles. The van der Waals surface area contributed by atoms with Crippen LogP contribution in [0.5, 0.6) is 0 Å². The molecule has 1 aromatic carbocycles. The van der Waals surface area contributed by atoms with Gasteiger partial charge in [-0.15, -0.1) is 0 Å². The molecule has 0 aliphatic heterocycles. The van der Waals surface area contributed by atoms with Gasteiger partial charge in [0.2, 0.25) is 0 Å².